The molecule has 2 aromatic heterocycles. The number of amides is 1. The zero-order valence-corrected chi connectivity index (χ0v) is 19.4. The highest BCUT2D eigenvalue weighted by Gasteiger charge is 2.30. The molecule has 0 radical (unpaired) electrons. The predicted octanol–water partition coefficient (Wildman–Crippen LogP) is 4.42. The Morgan fingerprint density at radius 2 is 1.90 bits per heavy atom. The Labute approximate surface area is 182 Å². The van der Waals surface area contributed by atoms with Crippen molar-refractivity contribution >= 4 is 32.5 Å². The standard InChI is InChI=1S/C23H28N4O3S/c1-6-31(29,30)19-10-8-7-9-17(19)25-22(28)16-13-18(15-11-12-15)24-21-20(16)14(2)26-27(21)23(3,4)5/h7-10,13,15H,6,11-12H2,1-5H3,(H,25,28). The molecule has 2 heterocycles. The third-order valence-corrected chi connectivity index (χ3v) is 7.34. The van der Waals surface area contributed by atoms with E-state index in [1.807, 2.05) is 17.7 Å². The Bertz CT molecular complexity index is 1280. The molecule has 1 aliphatic rings. The van der Waals surface area contributed by atoms with Gasteiger partial charge in [0.25, 0.3) is 5.91 Å². The van der Waals surface area contributed by atoms with Gasteiger partial charge in [0.05, 0.1) is 38.5 Å². The largest absolute Gasteiger partial charge is 0.321 e. The van der Waals surface area contributed by atoms with E-state index in [1.54, 1.807) is 25.1 Å². The lowest BCUT2D eigenvalue weighted by Gasteiger charge is -2.20. The highest BCUT2D eigenvalue weighted by atomic mass is 32.2. The smallest absolute Gasteiger partial charge is 0.256 e. The molecule has 0 spiro atoms. The maximum Gasteiger partial charge on any atom is 0.256 e. The average Bonchev–Trinajstić information content (AvgIpc) is 3.50. The fraction of sp³-hybridized carbons (Fsp3) is 0.435. The third kappa shape index (κ3) is 3.96. The molecule has 7 nitrogen and oxygen atoms in total. The zero-order valence-electron chi connectivity index (χ0n) is 18.6. The fourth-order valence-corrected chi connectivity index (χ4v) is 4.78. The molecule has 164 valence electrons. The molecule has 1 amide bonds. The van der Waals surface area contributed by atoms with Crippen LogP contribution in [-0.2, 0) is 15.4 Å². The number of carbonyl (C=O) groups is 1. The van der Waals surface area contributed by atoms with E-state index >= 15 is 0 Å². The minimum atomic E-state index is -3.48. The summed E-state index contributed by atoms with van der Waals surface area (Å²) in [5.41, 5.74) is 2.76. The molecule has 0 aliphatic heterocycles. The molecule has 0 bridgehead atoms. The molecular weight excluding hydrogens is 412 g/mol. The number of pyridine rings is 1. The van der Waals surface area contributed by atoms with E-state index in [2.05, 4.69) is 31.2 Å². The van der Waals surface area contributed by atoms with Gasteiger partial charge in [-0.15, -0.1) is 0 Å². The number of sulfone groups is 1. The second kappa shape index (κ2) is 7.44. The molecular formula is C23H28N4O3S. The first-order valence-electron chi connectivity index (χ1n) is 10.6. The minimum Gasteiger partial charge on any atom is -0.321 e. The number of rotatable bonds is 5. The Kier molecular flexibility index (Phi) is 5.16. The number of anilines is 1. The molecule has 1 saturated carbocycles. The predicted molar refractivity (Wildman–Crippen MR) is 121 cm³/mol. The molecule has 8 heteroatoms. The van der Waals surface area contributed by atoms with Crippen molar-refractivity contribution in [1.82, 2.24) is 14.8 Å². The van der Waals surface area contributed by atoms with Crippen LogP contribution in [-0.4, -0.2) is 34.8 Å². The molecule has 1 aromatic carbocycles. The maximum absolute atomic E-state index is 13.4. The quantitative estimate of drug-likeness (QED) is 0.634. The summed E-state index contributed by atoms with van der Waals surface area (Å²) in [4.78, 5) is 18.4. The first kappa shape index (κ1) is 21.5. The van der Waals surface area contributed by atoms with Gasteiger partial charge in [0, 0.05) is 11.6 Å². The summed E-state index contributed by atoms with van der Waals surface area (Å²) in [6.45, 7) is 9.61. The summed E-state index contributed by atoms with van der Waals surface area (Å²) >= 11 is 0. The monoisotopic (exact) mass is 440 g/mol. The molecule has 3 aromatic rings. The molecule has 0 atom stereocenters. The number of nitrogens with one attached hydrogen (secondary N) is 1. The van der Waals surface area contributed by atoms with Gasteiger partial charge in [0.2, 0.25) is 0 Å². The van der Waals surface area contributed by atoms with Crippen molar-refractivity contribution in [1.29, 1.82) is 0 Å². The third-order valence-electron chi connectivity index (χ3n) is 5.56. The summed E-state index contributed by atoms with van der Waals surface area (Å²) in [5.74, 6) is -0.0418. The summed E-state index contributed by atoms with van der Waals surface area (Å²) in [7, 11) is -3.48. The number of nitrogens with zero attached hydrogens (tertiary/aromatic N) is 3. The van der Waals surface area contributed by atoms with Crippen molar-refractivity contribution in [2.75, 3.05) is 11.1 Å². The number of aryl methyl sites for hydroxylation is 1. The van der Waals surface area contributed by atoms with E-state index in [0.29, 0.717) is 22.5 Å². The van der Waals surface area contributed by atoms with Gasteiger partial charge in [-0.2, -0.15) is 5.10 Å². The van der Waals surface area contributed by atoms with Crippen LogP contribution in [0.15, 0.2) is 35.2 Å². The van der Waals surface area contributed by atoms with Crippen molar-refractivity contribution in [3.63, 3.8) is 0 Å². The van der Waals surface area contributed by atoms with Crippen LogP contribution in [0.25, 0.3) is 11.0 Å². The second-order valence-corrected chi connectivity index (χ2v) is 11.3. The number of carbonyl (C=O) groups excluding carboxylic acids is 1. The molecule has 1 N–H and O–H groups in total. The lowest BCUT2D eigenvalue weighted by Crippen LogP contribution is -2.24. The van der Waals surface area contributed by atoms with Crippen LogP contribution in [0.2, 0.25) is 0 Å². The van der Waals surface area contributed by atoms with Gasteiger partial charge in [0.1, 0.15) is 0 Å². The molecule has 1 aliphatic carbocycles. The van der Waals surface area contributed by atoms with Gasteiger partial charge in [-0.1, -0.05) is 19.1 Å². The molecule has 0 saturated heterocycles. The van der Waals surface area contributed by atoms with Crippen molar-refractivity contribution in [3.8, 4) is 0 Å². The summed E-state index contributed by atoms with van der Waals surface area (Å²) in [6.07, 6.45) is 2.11. The van der Waals surface area contributed by atoms with Gasteiger partial charge >= 0.3 is 0 Å². The van der Waals surface area contributed by atoms with Gasteiger partial charge < -0.3 is 5.32 Å². The molecule has 0 unspecified atom stereocenters. The Morgan fingerprint density at radius 1 is 1.23 bits per heavy atom. The van der Waals surface area contributed by atoms with Crippen LogP contribution >= 0.6 is 0 Å². The number of hydrogen-bond acceptors (Lipinski definition) is 5. The Hall–Kier alpha value is -2.74. The van der Waals surface area contributed by atoms with E-state index in [-0.39, 0.29) is 27.8 Å². The van der Waals surface area contributed by atoms with Gasteiger partial charge in [0.15, 0.2) is 15.5 Å². The van der Waals surface area contributed by atoms with Crippen molar-refractivity contribution < 1.29 is 13.2 Å². The van der Waals surface area contributed by atoms with Gasteiger partial charge in [-0.05, 0) is 58.7 Å². The molecule has 31 heavy (non-hydrogen) atoms. The lowest BCUT2D eigenvalue weighted by molar-refractivity contribution is 0.102. The van der Waals surface area contributed by atoms with Crippen LogP contribution in [0, 0.1) is 6.92 Å². The second-order valence-electron chi connectivity index (χ2n) is 9.09. The minimum absolute atomic E-state index is 0.0390. The topological polar surface area (TPSA) is 93.9 Å². The van der Waals surface area contributed by atoms with Crippen molar-refractivity contribution in [3.05, 3.63) is 47.3 Å². The Morgan fingerprint density at radius 3 is 2.52 bits per heavy atom. The molecule has 1 fully saturated rings. The zero-order chi connectivity index (χ0) is 22.6. The summed E-state index contributed by atoms with van der Waals surface area (Å²) in [6, 6.07) is 8.35. The first-order chi connectivity index (χ1) is 14.5. The number of para-hydroxylation sites is 1. The van der Waals surface area contributed by atoms with Crippen LogP contribution in [0.1, 0.15) is 68.2 Å². The first-order valence-corrected chi connectivity index (χ1v) is 12.2. The Balaban J connectivity index is 1.85. The molecule has 4 rings (SSSR count). The summed E-state index contributed by atoms with van der Waals surface area (Å²) < 4.78 is 26.9. The van der Waals surface area contributed by atoms with E-state index in [4.69, 9.17) is 4.98 Å². The van der Waals surface area contributed by atoms with Gasteiger partial charge in [-0.25, -0.2) is 18.1 Å². The van der Waals surface area contributed by atoms with Crippen molar-refractivity contribution in [2.45, 2.75) is 63.8 Å². The van der Waals surface area contributed by atoms with E-state index in [0.717, 1.165) is 24.2 Å². The van der Waals surface area contributed by atoms with Crippen LogP contribution in [0.5, 0.6) is 0 Å². The highest BCUT2D eigenvalue weighted by Crippen LogP contribution is 2.41. The summed E-state index contributed by atoms with van der Waals surface area (Å²) in [5, 5.41) is 8.22. The van der Waals surface area contributed by atoms with Crippen LogP contribution in [0.4, 0.5) is 5.69 Å². The van der Waals surface area contributed by atoms with Crippen molar-refractivity contribution in [2.24, 2.45) is 0 Å². The van der Waals surface area contributed by atoms with Crippen LogP contribution in [0.3, 0.4) is 0 Å². The normalized spacial score (nSPS) is 14.7. The number of hydrogen-bond donors (Lipinski definition) is 1. The highest BCUT2D eigenvalue weighted by molar-refractivity contribution is 7.91. The number of benzene rings is 1. The SMILES string of the molecule is CCS(=O)(=O)c1ccccc1NC(=O)c1cc(C2CC2)nc2c1c(C)nn2C(C)(C)C. The lowest BCUT2D eigenvalue weighted by atomic mass is 10.1. The average molecular weight is 441 g/mol. The number of aromatic nitrogens is 3. The fourth-order valence-electron chi connectivity index (χ4n) is 3.73. The van der Waals surface area contributed by atoms with E-state index in [1.165, 1.54) is 6.07 Å². The van der Waals surface area contributed by atoms with E-state index in [9.17, 15) is 13.2 Å². The maximum atomic E-state index is 13.4. The van der Waals surface area contributed by atoms with Crippen LogP contribution < -0.4 is 5.32 Å². The van der Waals surface area contributed by atoms with E-state index < -0.39 is 9.84 Å². The number of fused-ring (bicyclic) bond motifs is 1. The van der Waals surface area contributed by atoms with Gasteiger partial charge in [-0.3, -0.25) is 4.79 Å².